The summed E-state index contributed by atoms with van der Waals surface area (Å²) < 4.78 is 10.6. The maximum Gasteiger partial charge on any atom is 0.0885 e. The third-order valence-corrected chi connectivity index (χ3v) is 3.03. The largest absolute Gasteiger partial charge is 0.394 e. The van der Waals surface area contributed by atoms with Crippen LogP contribution in [0.15, 0.2) is 0 Å². The summed E-state index contributed by atoms with van der Waals surface area (Å²) in [5.41, 5.74) is 5.86. The van der Waals surface area contributed by atoms with E-state index < -0.39 is 12.1 Å². The van der Waals surface area contributed by atoms with Crippen LogP contribution in [0.3, 0.4) is 0 Å². The molecule has 0 saturated carbocycles. The van der Waals surface area contributed by atoms with Crippen LogP contribution in [0.1, 0.15) is 13.3 Å². The molecule has 1 aliphatic rings. The molecule has 1 heterocycles. The number of aliphatic hydroxyl groups is 2. The quantitative estimate of drug-likeness (QED) is 0.571. The molecular weight excluding hydrogens is 198 g/mol. The highest BCUT2D eigenvalue weighted by Gasteiger charge is 2.42. The van der Waals surface area contributed by atoms with Gasteiger partial charge in [0.05, 0.1) is 37.6 Å². The van der Waals surface area contributed by atoms with Crippen molar-refractivity contribution in [1.29, 1.82) is 0 Å². The summed E-state index contributed by atoms with van der Waals surface area (Å²) in [6, 6.07) is -0.405. The molecule has 0 aromatic heterocycles. The highest BCUT2D eigenvalue weighted by Crippen LogP contribution is 2.26. The lowest BCUT2D eigenvalue weighted by Crippen LogP contribution is -2.60. The molecule has 0 amide bonds. The zero-order chi connectivity index (χ0) is 11.4. The summed E-state index contributed by atoms with van der Waals surface area (Å²) in [6.45, 7) is 2.17. The first-order valence-electron chi connectivity index (χ1n) is 5.34. The van der Waals surface area contributed by atoms with Crippen molar-refractivity contribution in [1.82, 2.24) is 0 Å². The van der Waals surface area contributed by atoms with Gasteiger partial charge < -0.3 is 25.4 Å². The number of nitrogens with two attached hydrogens (primary N) is 1. The van der Waals surface area contributed by atoms with E-state index in [-0.39, 0.29) is 24.7 Å². The van der Waals surface area contributed by atoms with Gasteiger partial charge >= 0.3 is 0 Å². The lowest BCUT2D eigenvalue weighted by Gasteiger charge is -2.42. The van der Waals surface area contributed by atoms with E-state index in [1.807, 2.05) is 6.92 Å². The second-order valence-corrected chi connectivity index (χ2v) is 3.99. The van der Waals surface area contributed by atoms with Crippen molar-refractivity contribution in [2.75, 3.05) is 20.3 Å². The first-order chi connectivity index (χ1) is 7.15. The number of hydrogen-bond donors (Lipinski definition) is 3. The highest BCUT2D eigenvalue weighted by atomic mass is 16.5. The van der Waals surface area contributed by atoms with Gasteiger partial charge in [0.15, 0.2) is 0 Å². The zero-order valence-electron chi connectivity index (χ0n) is 9.30. The Hall–Kier alpha value is -0.200. The predicted octanol–water partition coefficient (Wildman–Crippen LogP) is -0.893. The Labute approximate surface area is 90.2 Å². The smallest absolute Gasteiger partial charge is 0.0885 e. The third-order valence-electron chi connectivity index (χ3n) is 3.03. The molecule has 0 bridgehead atoms. The normalized spacial score (nSPS) is 41.8. The van der Waals surface area contributed by atoms with Crippen LogP contribution in [0.25, 0.3) is 0 Å². The standard InChI is InChI=1S/C10H21NO4/c1-3-7-9(11)10(13)6(5-14-2)8(4-12)15-7/h6-10,12-13H,3-5,11H2,1-2H3/t6-,7+,8?,9?,10-/m1/s1. The van der Waals surface area contributed by atoms with Crippen molar-refractivity contribution in [3.63, 3.8) is 0 Å². The van der Waals surface area contributed by atoms with Gasteiger partial charge in [0.2, 0.25) is 0 Å². The molecule has 1 saturated heterocycles. The van der Waals surface area contributed by atoms with Crippen molar-refractivity contribution in [2.24, 2.45) is 11.7 Å². The van der Waals surface area contributed by atoms with E-state index >= 15 is 0 Å². The minimum atomic E-state index is -0.680. The number of hydrogen-bond acceptors (Lipinski definition) is 5. The molecule has 5 nitrogen and oxygen atoms in total. The lowest BCUT2D eigenvalue weighted by molar-refractivity contribution is -0.172. The van der Waals surface area contributed by atoms with Gasteiger partial charge in [0.1, 0.15) is 0 Å². The second kappa shape index (κ2) is 5.77. The van der Waals surface area contributed by atoms with Gasteiger partial charge in [-0.1, -0.05) is 6.92 Å². The number of aliphatic hydroxyl groups excluding tert-OH is 2. The van der Waals surface area contributed by atoms with Crippen LogP contribution in [0.5, 0.6) is 0 Å². The van der Waals surface area contributed by atoms with E-state index in [4.69, 9.17) is 15.2 Å². The Kier molecular flexibility index (Phi) is 4.95. The molecular formula is C10H21NO4. The lowest BCUT2D eigenvalue weighted by atomic mass is 9.85. The molecule has 0 aromatic rings. The second-order valence-electron chi connectivity index (χ2n) is 3.99. The van der Waals surface area contributed by atoms with E-state index in [2.05, 4.69) is 0 Å². The zero-order valence-corrected chi connectivity index (χ0v) is 9.30. The Morgan fingerprint density at radius 3 is 2.53 bits per heavy atom. The fourth-order valence-corrected chi connectivity index (χ4v) is 2.09. The van der Waals surface area contributed by atoms with Crippen LogP contribution < -0.4 is 5.73 Å². The topological polar surface area (TPSA) is 84.9 Å². The number of rotatable bonds is 4. The average Bonchev–Trinajstić information content (AvgIpc) is 2.25. The summed E-state index contributed by atoms with van der Waals surface area (Å²) in [5, 5.41) is 19.1. The Bertz CT molecular complexity index is 188. The maximum atomic E-state index is 9.98. The Morgan fingerprint density at radius 2 is 2.07 bits per heavy atom. The van der Waals surface area contributed by atoms with Gasteiger partial charge in [0.25, 0.3) is 0 Å². The van der Waals surface area contributed by atoms with Gasteiger partial charge in [-0.15, -0.1) is 0 Å². The van der Waals surface area contributed by atoms with Gasteiger partial charge in [-0.2, -0.15) is 0 Å². The molecule has 5 heteroatoms. The van der Waals surface area contributed by atoms with Gasteiger partial charge in [-0.05, 0) is 6.42 Å². The first-order valence-corrected chi connectivity index (χ1v) is 5.34. The maximum absolute atomic E-state index is 9.98. The van der Waals surface area contributed by atoms with E-state index in [0.29, 0.717) is 6.61 Å². The summed E-state index contributed by atoms with van der Waals surface area (Å²) in [6.07, 6.45) is -0.523. The monoisotopic (exact) mass is 219 g/mol. The van der Waals surface area contributed by atoms with Crippen LogP contribution in [0.2, 0.25) is 0 Å². The highest BCUT2D eigenvalue weighted by molar-refractivity contribution is 4.93. The average molecular weight is 219 g/mol. The molecule has 2 unspecified atom stereocenters. The van der Waals surface area contributed by atoms with Crippen molar-refractivity contribution >= 4 is 0 Å². The molecule has 1 aliphatic heterocycles. The third kappa shape index (κ3) is 2.68. The van der Waals surface area contributed by atoms with Crippen molar-refractivity contribution in [3.05, 3.63) is 0 Å². The molecule has 0 radical (unpaired) electrons. The summed E-state index contributed by atoms with van der Waals surface area (Å²) in [5.74, 6) is -0.252. The minimum Gasteiger partial charge on any atom is -0.394 e. The van der Waals surface area contributed by atoms with Crippen molar-refractivity contribution in [3.8, 4) is 0 Å². The van der Waals surface area contributed by atoms with Crippen LogP contribution in [-0.2, 0) is 9.47 Å². The van der Waals surface area contributed by atoms with Crippen LogP contribution >= 0.6 is 0 Å². The first kappa shape index (κ1) is 12.9. The molecule has 0 aromatic carbocycles. The fourth-order valence-electron chi connectivity index (χ4n) is 2.09. The van der Waals surface area contributed by atoms with Crippen LogP contribution in [-0.4, -0.2) is 54.9 Å². The van der Waals surface area contributed by atoms with E-state index in [1.54, 1.807) is 7.11 Å². The summed E-state index contributed by atoms with van der Waals surface area (Å²) in [7, 11) is 1.55. The van der Waals surface area contributed by atoms with E-state index in [0.717, 1.165) is 6.42 Å². The molecule has 90 valence electrons. The number of methoxy groups -OCH3 is 1. The molecule has 1 rings (SSSR count). The van der Waals surface area contributed by atoms with Crippen molar-refractivity contribution in [2.45, 2.75) is 37.7 Å². The minimum absolute atomic E-state index is 0.117. The van der Waals surface area contributed by atoms with Crippen LogP contribution in [0.4, 0.5) is 0 Å². The van der Waals surface area contributed by atoms with E-state index in [9.17, 15) is 10.2 Å². The molecule has 0 aliphatic carbocycles. The molecule has 4 N–H and O–H groups in total. The molecule has 1 fully saturated rings. The van der Waals surface area contributed by atoms with Crippen molar-refractivity contribution < 1.29 is 19.7 Å². The van der Waals surface area contributed by atoms with Crippen LogP contribution in [0, 0.1) is 5.92 Å². The Balaban J connectivity index is 2.70. The Morgan fingerprint density at radius 1 is 1.40 bits per heavy atom. The van der Waals surface area contributed by atoms with Gasteiger partial charge in [0, 0.05) is 13.0 Å². The van der Waals surface area contributed by atoms with Gasteiger partial charge in [-0.25, -0.2) is 0 Å². The summed E-state index contributed by atoms with van der Waals surface area (Å²) in [4.78, 5) is 0. The number of ether oxygens (including phenoxy) is 2. The molecule has 5 atom stereocenters. The van der Waals surface area contributed by atoms with E-state index in [1.165, 1.54) is 0 Å². The SMILES string of the molecule is CC[C@@H]1OC(CO)[C@@H](COC)[C@@H](O)C1N. The molecule has 15 heavy (non-hydrogen) atoms. The predicted molar refractivity (Wildman–Crippen MR) is 55.4 cm³/mol. The summed E-state index contributed by atoms with van der Waals surface area (Å²) >= 11 is 0. The fraction of sp³-hybridized carbons (Fsp3) is 1.00. The van der Waals surface area contributed by atoms with Gasteiger partial charge in [-0.3, -0.25) is 0 Å². The molecule has 0 spiro atoms.